The number of Topliss-reactive ketones (excluding diaryl/α,β-unsaturated/α-hetero) is 1. The lowest BCUT2D eigenvalue weighted by molar-refractivity contribution is -0.384. The monoisotopic (exact) mass is 193 g/mol. The van der Waals surface area contributed by atoms with Crippen molar-refractivity contribution in [2.75, 3.05) is 0 Å². The lowest BCUT2D eigenvalue weighted by Gasteiger charge is -1.97. The predicted octanol–water partition coefficient (Wildman–Crippen LogP) is 2.12. The molecule has 0 fully saturated rings. The Morgan fingerprint density at radius 3 is 2.36 bits per heavy atom. The van der Waals surface area contributed by atoms with E-state index >= 15 is 0 Å². The Kier molecular flexibility index (Phi) is 3.34. The summed E-state index contributed by atoms with van der Waals surface area (Å²) in [5.41, 5.74) is 0.875. The first kappa shape index (κ1) is 10.4. The van der Waals surface area contributed by atoms with Crippen LogP contribution in [0.25, 0.3) is 0 Å². The van der Waals surface area contributed by atoms with Crippen molar-refractivity contribution < 1.29 is 9.72 Å². The maximum atomic E-state index is 11.1. The van der Waals surface area contributed by atoms with Crippen molar-refractivity contribution in [3.05, 3.63) is 39.9 Å². The molecule has 0 radical (unpaired) electrons. The lowest BCUT2D eigenvalue weighted by Crippen LogP contribution is -2.00. The van der Waals surface area contributed by atoms with Gasteiger partial charge in [0.15, 0.2) is 0 Å². The highest BCUT2D eigenvalue weighted by atomic mass is 16.6. The van der Waals surface area contributed by atoms with Crippen LogP contribution < -0.4 is 0 Å². The molecule has 0 heterocycles. The first-order chi connectivity index (χ1) is 6.63. The molecule has 0 bridgehead atoms. The third-order valence-electron chi connectivity index (χ3n) is 1.94. The maximum absolute atomic E-state index is 11.1. The Balaban J connectivity index is 2.73. The summed E-state index contributed by atoms with van der Waals surface area (Å²) in [5, 5.41) is 10.3. The van der Waals surface area contributed by atoms with E-state index in [1.54, 1.807) is 19.1 Å². The molecule has 0 aliphatic rings. The average Bonchev–Trinajstić information content (AvgIpc) is 2.18. The van der Waals surface area contributed by atoms with Gasteiger partial charge in [0.1, 0.15) is 5.78 Å². The fourth-order valence-corrected chi connectivity index (χ4v) is 1.09. The molecule has 0 saturated carbocycles. The van der Waals surface area contributed by atoms with Gasteiger partial charge in [-0.1, -0.05) is 19.1 Å². The van der Waals surface area contributed by atoms with Gasteiger partial charge in [-0.25, -0.2) is 0 Å². The van der Waals surface area contributed by atoms with E-state index in [2.05, 4.69) is 0 Å². The van der Waals surface area contributed by atoms with E-state index < -0.39 is 4.92 Å². The summed E-state index contributed by atoms with van der Waals surface area (Å²) in [5.74, 6) is 0.138. The predicted molar refractivity (Wildman–Crippen MR) is 52.1 cm³/mol. The summed E-state index contributed by atoms with van der Waals surface area (Å²) >= 11 is 0. The highest BCUT2D eigenvalue weighted by molar-refractivity contribution is 5.80. The van der Waals surface area contributed by atoms with Crippen molar-refractivity contribution in [3.8, 4) is 0 Å². The molecule has 0 unspecified atom stereocenters. The van der Waals surface area contributed by atoms with Crippen molar-refractivity contribution >= 4 is 11.5 Å². The van der Waals surface area contributed by atoms with Crippen LogP contribution in [-0.4, -0.2) is 10.7 Å². The van der Waals surface area contributed by atoms with E-state index in [0.717, 1.165) is 5.56 Å². The summed E-state index contributed by atoms with van der Waals surface area (Å²) in [4.78, 5) is 20.9. The number of carbonyl (C=O) groups excluding carboxylic acids is 1. The summed E-state index contributed by atoms with van der Waals surface area (Å²) in [6, 6.07) is 6.06. The van der Waals surface area contributed by atoms with E-state index in [1.807, 2.05) is 0 Å². The number of nitro benzene ring substituents is 1. The Hall–Kier alpha value is -1.71. The van der Waals surface area contributed by atoms with Gasteiger partial charge in [0.25, 0.3) is 5.69 Å². The molecule has 0 atom stereocenters. The summed E-state index contributed by atoms with van der Waals surface area (Å²) < 4.78 is 0. The molecule has 4 nitrogen and oxygen atoms in total. The zero-order valence-corrected chi connectivity index (χ0v) is 7.90. The summed E-state index contributed by atoms with van der Waals surface area (Å²) in [7, 11) is 0. The van der Waals surface area contributed by atoms with Gasteiger partial charge >= 0.3 is 0 Å². The highest BCUT2D eigenvalue weighted by Gasteiger charge is 2.05. The fourth-order valence-electron chi connectivity index (χ4n) is 1.09. The zero-order valence-electron chi connectivity index (χ0n) is 7.90. The molecule has 0 amide bonds. The van der Waals surface area contributed by atoms with E-state index in [9.17, 15) is 14.9 Å². The topological polar surface area (TPSA) is 60.2 Å². The highest BCUT2D eigenvalue weighted by Crippen LogP contribution is 2.12. The first-order valence-corrected chi connectivity index (χ1v) is 4.38. The largest absolute Gasteiger partial charge is 0.299 e. The number of nitrogens with zero attached hydrogens (tertiary/aromatic N) is 1. The van der Waals surface area contributed by atoms with E-state index in [1.165, 1.54) is 12.1 Å². The van der Waals surface area contributed by atoms with E-state index in [-0.39, 0.29) is 11.5 Å². The molecule has 0 aromatic heterocycles. The second-order valence-electron chi connectivity index (χ2n) is 2.99. The van der Waals surface area contributed by atoms with Crippen molar-refractivity contribution in [1.29, 1.82) is 0 Å². The van der Waals surface area contributed by atoms with Crippen LogP contribution in [-0.2, 0) is 11.2 Å². The van der Waals surface area contributed by atoms with Crippen molar-refractivity contribution in [3.63, 3.8) is 0 Å². The van der Waals surface area contributed by atoms with Crippen molar-refractivity contribution in [1.82, 2.24) is 0 Å². The third kappa shape index (κ3) is 2.65. The van der Waals surface area contributed by atoms with E-state index in [0.29, 0.717) is 12.8 Å². The van der Waals surface area contributed by atoms with Crippen molar-refractivity contribution in [2.45, 2.75) is 19.8 Å². The first-order valence-electron chi connectivity index (χ1n) is 4.38. The Labute approximate surface area is 81.7 Å². The minimum Gasteiger partial charge on any atom is -0.299 e. The number of hydrogen-bond donors (Lipinski definition) is 0. The summed E-state index contributed by atoms with van der Waals surface area (Å²) in [6.07, 6.45) is 0.853. The van der Waals surface area contributed by atoms with Gasteiger partial charge in [0.05, 0.1) is 4.92 Å². The van der Waals surface area contributed by atoms with Crippen LogP contribution in [0.5, 0.6) is 0 Å². The molecule has 0 spiro atoms. The molecule has 1 rings (SSSR count). The molecule has 0 aliphatic carbocycles. The van der Waals surface area contributed by atoms with Crippen LogP contribution >= 0.6 is 0 Å². The Morgan fingerprint density at radius 1 is 1.36 bits per heavy atom. The second-order valence-corrected chi connectivity index (χ2v) is 2.99. The minimum absolute atomic E-state index is 0.0534. The average molecular weight is 193 g/mol. The number of carbonyl (C=O) groups is 1. The fraction of sp³-hybridized carbons (Fsp3) is 0.300. The number of ketones is 1. The number of nitro groups is 1. The Morgan fingerprint density at radius 2 is 1.93 bits per heavy atom. The molecule has 1 aromatic rings. The van der Waals surface area contributed by atoms with Gasteiger partial charge in [-0.15, -0.1) is 0 Å². The van der Waals surface area contributed by atoms with Crippen LogP contribution in [0.3, 0.4) is 0 Å². The lowest BCUT2D eigenvalue weighted by atomic mass is 10.1. The molecule has 0 saturated heterocycles. The molecule has 1 aromatic carbocycles. The smallest absolute Gasteiger partial charge is 0.269 e. The van der Waals surface area contributed by atoms with Gasteiger partial charge in [0, 0.05) is 25.0 Å². The molecule has 74 valence electrons. The van der Waals surface area contributed by atoms with Crippen LogP contribution in [0.15, 0.2) is 24.3 Å². The number of hydrogen-bond acceptors (Lipinski definition) is 3. The number of benzene rings is 1. The van der Waals surface area contributed by atoms with Gasteiger partial charge in [-0.2, -0.15) is 0 Å². The number of rotatable bonds is 4. The quantitative estimate of drug-likeness (QED) is 0.543. The van der Waals surface area contributed by atoms with Gasteiger partial charge in [-0.3, -0.25) is 14.9 Å². The van der Waals surface area contributed by atoms with Crippen LogP contribution in [0.4, 0.5) is 5.69 Å². The normalized spacial score (nSPS) is 9.79. The number of non-ortho nitro benzene ring substituents is 1. The van der Waals surface area contributed by atoms with E-state index in [4.69, 9.17) is 0 Å². The maximum Gasteiger partial charge on any atom is 0.269 e. The second kappa shape index (κ2) is 4.50. The standard InChI is InChI=1S/C10H11NO3/c1-2-10(12)7-8-3-5-9(6-4-8)11(13)14/h3-6H,2,7H2,1H3. The van der Waals surface area contributed by atoms with Gasteiger partial charge < -0.3 is 0 Å². The van der Waals surface area contributed by atoms with Crippen LogP contribution in [0, 0.1) is 10.1 Å². The molecule has 0 aliphatic heterocycles. The third-order valence-corrected chi connectivity index (χ3v) is 1.94. The molecular weight excluding hydrogens is 182 g/mol. The zero-order chi connectivity index (χ0) is 10.6. The molecule has 4 heteroatoms. The minimum atomic E-state index is -0.453. The van der Waals surface area contributed by atoms with Crippen LogP contribution in [0.2, 0.25) is 0 Å². The summed E-state index contributed by atoms with van der Waals surface area (Å²) in [6.45, 7) is 1.80. The van der Waals surface area contributed by atoms with Crippen molar-refractivity contribution in [2.24, 2.45) is 0 Å². The molecule has 0 N–H and O–H groups in total. The van der Waals surface area contributed by atoms with Gasteiger partial charge in [0.2, 0.25) is 0 Å². The molecule has 14 heavy (non-hydrogen) atoms. The SMILES string of the molecule is CCC(=O)Cc1ccc([N+](=O)[O-])cc1. The Bertz CT molecular complexity index is 343. The molecular formula is C10H11NO3. The van der Waals surface area contributed by atoms with Gasteiger partial charge in [-0.05, 0) is 5.56 Å². The van der Waals surface area contributed by atoms with Crippen LogP contribution in [0.1, 0.15) is 18.9 Å².